The summed E-state index contributed by atoms with van der Waals surface area (Å²) in [5.74, 6) is -1.45. The summed E-state index contributed by atoms with van der Waals surface area (Å²) >= 11 is 12.2. The molecule has 2 aromatic rings. The lowest BCUT2D eigenvalue weighted by Crippen LogP contribution is -2.34. The van der Waals surface area contributed by atoms with E-state index in [2.05, 4.69) is 12.0 Å². The fourth-order valence-electron chi connectivity index (χ4n) is 3.28. The van der Waals surface area contributed by atoms with Crippen LogP contribution in [0.1, 0.15) is 56.7 Å². The summed E-state index contributed by atoms with van der Waals surface area (Å²) in [4.78, 5) is 12.9. The number of nitrogens with zero attached hydrogens (tertiary/aromatic N) is 3. The third kappa shape index (κ3) is 6.22. The predicted molar refractivity (Wildman–Crippen MR) is 129 cm³/mol. The molecule has 0 aliphatic carbocycles. The van der Waals surface area contributed by atoms with Gasteiger partial charge in [-0.25, -0.2) is 13.2 Å². The first kappa shape index (κ1) is 27.9. The normalized spacial score (nSPS) is 12.6. The first-order chi connectivity index (χ1) is 15.8. The summed E-state index contributed by atoms with van der Waals surface area (Å²) in [7, 11) is -1.92. The van der Waals surface area contributed by atoms with Gasteiger partial charge in [-0.3, -0.25) is 10.2 Å². The van der Waals surface area contributed by atoms with E-state index in [1.165, 1.54) is 6.26 Å². The van der Waals surface area contributed by atoms with Crippen LogP contribution in [0.5, 0.6) is 0 Å². The maximum absolute atomic E-state index is 13.1. The number of nitrogens with two attached hydrogens (primary N) is 2. The zero-order valence-corrected chi connectivity index (χ0v) is 20.8. The van der Waals surface area contributed by atoms with Crippen LogP contribution < -0.4 is 15.8 Å². The Balaban J connectivity index is 2.57. The number of amides is 1. The topological polar surface area (TPSA) is 131 Å². The van der Waals surface area contributed by atoms with Crippen molar-refractivity contribution in [3.8, 4) is 5.69 Å². The molecule has 0 fully saturated rings. The van der Waals surface area contributed by atoms with Gasteiger partial charge in [0.05, 0.1) is 15.6 Å². The minimum atomic E-state index is -4.70. The molecular formula is C20H25Cl2F3N6O2S. The molecule has 0 bridgehead atoms. The van der Waals surface area contributed by atoms with Crippen molar-refractivity contribution in [2.45, 2.75) is 51.6 Å². The molecule has 1 atom stereocenters. The number of nitrogens with one attached hydrogen (secondary N) is 1. The predicted octanol–water partition coefficient (Wildman–Crippen LogP) is 5.05. The zero-order chi connectivity index (χ0) is 25.8. The van der Waals surface area contributed by atoms with E-state index in [1.54, 1.807) is 0 Å². The highest BCUT2D eigenvalue weighted by atomic mass is 35.5. The van der Waals surface area contributed by atoms with Gasteiger partial charge in [0.1, 0.15) is 28.2 Å². The highest BCUT2D eigenvalue weighted by Crippen LogP contribution is 2.40. The molecule has 5 N–H and O–H groups in total. The van der Waals surface area contributed by atoms with Crippen molar-refractivity contribution in [3.63, 3.8) is 0 Å². The number of anilines is 2. The number of rotatable bonds is 10. The van der Waals surface area contributed by atoms with E-state index in [0.717, 1.165) is 34.7 Å². The molecule has 0 aliphatic heterocycles. The average molecular weight is 541 g/mol. The zero-order valence-electron chi connectivity index (χ0n) is 18.5. The van der Waals surface area contributed by atoms with Crippen LogP contribution in [0.2, 0.25) is 10.0 Å². The minimum absolute atomic E-state index is 0.0626. The maximum Gasteiger partial charge on any atom is 0.416 e. The number of hydrogen-bond donors (Lipinski definition) is 3. The van der Waals surface area contributed by atoms with Crippen molar-refractivity contribution in [2.75, 3.05) is 16.3 Å². The Morgan fingerprint density at radius 3 is 2.24 bits per heavy atom. The van der Waals surface area contributed by atoms with E-state index in [9.17, 15) is 22.2 Å². The lowest BCUT2D eigenvalue weighted by Gasteiger charge is -2.20. The number of halogens is 5. The summed E-state index contributed by atoms with van der Waals surface area (Å²) in [6.45, 7) is 2.06. The molecule has 1 amide bonds. The SMILES string of the molecule is CCCCCCCC(=O)N(c1c(C(=N)N)nn(-c2c(Cl)cc(C(F)(F)F)cc2Cl)c1N)S(C)=O. The second-order valence-corrected chi connectivity index (χ2v) is 9.50. The smallest absolute Gasteiger partial charge is 0.382 e. The fourth-order valence-corrected chi connectivity index (χ4v) is 4.75. The van der Waals surface area contributed by atoms with Crippen LogP contribution in [0.4, 0.5) is 24.7 Å². The van der Waals surface area contributed by atoms with Gasteiger partial charge in [-0.1, -0.05) is 55.8 Å². The van der Waals surface area contributed by atoms with E-state index in [0.29, 0.717) is 18.6 Å². The molecule has 1 unspecified atom stereocenters. The number of carbonyl (C=O) groups is 1. The minimum Gasteiger partial charge on any atom is -0.382 e. The van der Waals surface area contributed by atoms with Crippen LogP contribution in [0.25, 0.3) is 5.69 Å². The van der Waals surface area contributed by atoms with E-state index in [-0.39, 0.29) is 29.3 Å². The molecule has 34 heavy (non-hydrogen) atoms. The first-order valence-corrected chi connectivity index (χ1v) is 12.5. The maximum atomic E-state index is 13.1. The average Bonchev–Trinajstić information content (AvgIpc) is 3.03. The van der Waals surface area contributed by atoms with Crippen molar-refractivity contribution in [1.29, 1.82) is 5.41 Å². The molecule has 0 saturated carbocycles. The molecule has 14 heteroatoms. The summed E-state index contributed by atoms with van der Waals surface area (Å²) in [6.07, 6.45) is 0.966. The van der Waals surface area contributed by atoms with Gasteiger partial charge in [0.15, 0.2) is 11.5 Å². The van der Waals surface area contributed by atoms with Gasteiger partial charge in [-0.05, 0) is 18.6 Å². The molecule has 0 aliphatic rings. The quantitative estimate of drug-likeness (QED) is 0.220. The second kappa shape index (κ2) is 11.4. The van der Waals surface area contributed by atoms with Crippen molar-refractivity contribution in [1.82, 2.24) is 9.78 Å². The van der Waals surface area contributed by atoms with Gasteiger partial charge < -0.3 is 11.5 Å². The second-order valence-electron chi connectivity index (χ2n) is 7.47. The van der Waals surface area contributed by atoms with E-state index in [4.69, 9.17) is 40.1 Å². The number of nitrogen functional groups attached to an aromatic ring is 2. The van der Waals surface area contributed by atoms with Crippen LogP contribution in [-0.4, -0.2) is 32.0 Å². The summed E-state index contributed by atoms with van der Waals surface area (Å²) in [5.41, 5.74) is 10.0. The number of unbranched alkanes of at least 4 members (excludes halogenated alkanes) is 4. The van der Waals surface area contributed by atoms with E-state index in [1.807, 2.05) is 0 Å². The Bertz CT molecular complexity index is 1080. The molecule has 0 radical (unpaired) electrons. The van der Waals surface area contributed by atoms with Crippen LogP contribution in [0.3, 0.4) is 0 Å². The Labute approximate surface area is 207 Å². The number of carbonyl (C=O) groups excluding carboxylic acids is 1. The lowest BCUT2D eigenvalue weighted by molar-refractivity contribution is -0.137. The number of alkyl halides is 3. The summed E-state index contributed by atoms with van der Waals surface area (Å²) in [5, 5.41) is 11.1. The molecule has 8 nitrogen and oxygen atoms in total. The standard InChI is InChI=1S/C20H25Cl2F3N6O2S/c1-3-4-5-6-7-8-14(32)31(34(2)33)17-15(18(26)27)29-30(19(17)28)16-12(21)9-11(10-13(16)22)20(23,24)25/h9-10H,3-8,28H2,1-2H3,(H3,26,27). The first-order valence-electron chi connectivity index (χ1n) is 10.3. The number of aromatic nitrogens is 2. The number of benzene rings is 1. The highest BCUT2D eigenvalue weighted by molar-refractivity contribution is 7.86. The van der Waals surface area contributed by atoms with Gasteiger partial charge >= 0.3 is 6.18 Å². The monoisotopic (exact) mass is 540 g/mol. The molecule has 188 valence electrons. The summed E-state index contributed by atoms with van der Waals surface area (Å²) in [6, 6.07) is 1.29. The highest BCUT2D eigenvalue weighted by Gasteiger charge is 2.34. The number of amidine groups is 1. The lowest BCUT2D eigenvalue weighted by atomic mass is 10.1. The van der Waals surface area contributed by atoms with E-state index >= 15 is 0 Å². The van der Waals surface area contributed by atoms with Gasteiger partial charge in [-0.2, -0.15) is 18.3 Å². The van der Waals surface area contributed by atoms with Crippen molar-refractivity contribution in [2.24, 2.45) is 5.73 Å². The molecule has 0 saturated heterocycles. The summed E-state index contributed by atoms with van der Waals surface area (Å²) < 4.78 is 53.6. The van der Waals surface area contributed by atoms with Crippen molar-refractivity contribution in [3.05, 3.63) is 33.4 Å². The third-order valence-electron chi connectivity index (χ3n) is 4.89. The molecule has 1 aromatic heterocycles. The Kier molecular flexibility index (Phi) is 9.37. The van der Waals surface area contributed by atoms with Gasteiger partial charge in [0.25, 0.3) is 0 Å². The third-order valence-corrected chi connectivity index (χ3v) is 6.36. The molecule has 1 aromatic carbocycles. The molecular weight excluding hydrogens is 516 g/mol. The molecule has 1 heterocycles. The van der Waals surface area contributed by atoms with Crippen LogP contribution in [-0.2, 0) is 22.0 Å². The fraction of sp³-hybridized carbons (Fsp3) is 0.450. The Morgan fingerprint density at radius 1 is 1.21 bits per heavy atom. The number of hydrogen-bond acceptors (Lipinski definition) is 5. The van der Waals surface area contributed by atoms with Gasteiger partial charge in [0.2, 0.25) is 5.91 Å². The van der Waals surface area contributed by atoms with Crippen molar-refractivity contribution >= 4 is 57.4 Å². The molecule has 2 rings (SSSR count). The van der Waals surface area contributed by atoms with Gasteiger partial charge in [-0.15, -0.1) is 0 Å². The van der Waals surface area contributed by atoms with Crippen molar-refractivity contribution < 1.29 is 22.2 Å². The van der Waals surface area contributed by atoms with Crippen LogP contribution >= 0.6 is 23.2 Å². The van der Waals surface area contributed by atoms with E-state index < -0.39 is 44.5 Å². The molecule has 0 spiro atoms. The Morgan fingerprint density at radius 2 is 1.76 bits per heavy atom. The Hall–Kier alpha value is -2.31. The van der Waals surface area contributed by atoms with Gasteiger partial charge in [0, 0.05) is 12.7 Å². The van der Waals surface area contributed by atoms with Crippen LogP contribution in [0.15, 0.2) is 12.1 Å². The largest absolute Gasteiger partial charge is 0.416 e. The van der Waals surface area contributed by atoms with Crippen LogP contribution in [0, 0.1) is 5.41 Å².